The number of nitrogen functional groups attached to an aromatic ring is 1. The largest absolute Gasteiger partial charge is 0.394 e. The first-order valence-electron chi connectivity index (χ1n) is 5.30. The average Bonchev–Trinajstić information content (AvgIpc) is 2.86. The zero-order valence-corrected chi connectivity index (χ0v) is 10.3. The van der Waals surface area contributed by atoms with Crippen LogP contribution in [0.3, 0.4) is 0 Å². The Morgan fingerprint density at radius 3 is 2.94 bits per heavy atom. The molecule has 86 valence electrons. The first-order chi connectivity index (χ1) is 7.72. The van der Waals surface area contributed by atoms with E-state index >= 15 is 0 Å². The van der Waals surface area contributed by atoms with Crippen molar-refractivity contribution in [3.05, 3.63) is 28.1 Å². The van der Waals surface area contributed by atoms with Crippen LogP contribution in [0.15, 0.2) is 17.5 Å². The van der Waals surface area contributed by atoms with Gasteiger partial charge in [0, 0.05) is 11.9 Å². The van der Waals surface area contributed by atoms with Gasteiger partial charge in [-0.2, -0.15) is 5.10 Å². The van der Waals surface area contributed by atoms with Gasteiger partial charge in [0.25, 0.3) is 0 Å². The average molecular weight is 236 g/mol. The van der Waals surface area contributed by atoms with Crippen LogP contribution in [-0.2, 0) is 20.0 Å². The van der Waals surface area contributed by atoms with E-state index in [0.717, 1.165) is 30.2 Å². The molecule has 0 amide bonds. The minimum Gasteiger partial charge on any atom is -0.394 e. The summed E-state index contributed by atoms with van der Waals surface area (Å²) in [6, 6.07) is 4.15. The molecular formula is C11H16N4S. The van der Waals surface area contributed by atoms with Crippen LogP contribution in [0.2, 0.25) is 0 Å². The van der Waals surface area contributed by atoms with E-state index in [4.69, 9.17) is 5.73 Å². The summed E-state index contributed by atoms with van der Waals surface area (Å²) < 4.78 is 1.81. The molecule has 0 aliphatic carbocycles. The zero-order chi connectivity index (χ0) is 11.5. The van der Waals surface area contributed by atoms with Gasteiger partial charge in [0.05, 0.1) is 17.9 Å². The summed E-state index contributed by atoms with van der Waals surface area (Å²) in [5, 5.41) is 9.76. The first kappa shape index (κ1) is 11.0. The molecule has 4 nitrogen and oxygen atoms in total. The molecule has 3 N–H and O–H groups in total. The van der Waals surface area contributed by atoms with Crippen molar-refractivity contribution < 1.29 is 0 Å². The predicted octanol–water partition coefficient (Wildman–Crippen LogP) is 2.24. The fraction of sp³-hybridized carbons (Fsp3) is 0.364. The number of nitrogens with two attached hydrogens (primary N) is 1. The van der Waals surface area contributed by atoms with Crippen molar-refractivity contribution in [3.8, 4) is 0 Å². The van der Waals surface area contributed by atoms with Gasteiger partial charge in [0.2, 0.25) is 0 Å². The van der Waals surface area contributed by atoms with Crippen molar-refractivity contribution in [1.82, 2.24) is 9.78 Å². The number of nitrogens with one attached hydrogen (secondary N) is 1. The Morgan fingerprint density at radius 1 is 1.56 bits per heavy atom. The van der Waals surface area contributed by atoms with Gasteiger partial charge >= 0.3 is 0 Å². The van der Waals surface area contributed by atoms with Crippen LogP contribution >= 0.6 is 11.3 Å². The lowest BCUT2D eigenvalue weighted by atomic mass is 10.3. The van der Waals surface area contributed by atoms with E-state index in [1.165, 1.54) is 4.88 Å². The summed E-state index contributed by atoms with van der Waals surface area (Å²) in [4.78, 5) is 1.29. The van der Waals surface area contributed by atoms with Gasteiger partial charge in [0.1, 0.15) is 5.82 Å². The number of aromatic nitrogens is 2. The molecule has 5 heteroatoms. The lowest BCUT2D eigenvalue weighted by molar-refractivity contribution is 0.748. The fourth-order valence-corrected chi connectivity index (χ4v) is 2.30. The Balaban J connectivity index is 2.12. The molecule has 16 heavy (non-hydrogen) atoms. The molecule has 2 aromatic rings. The molecule has 0 unspecified atom stereocenters. The van der Waals surface area contributed by atoms with Crippen molar-refractivity contribution in [2.45, 2.75) is 19.9 Å². The molecule has 2 rings (SSSR count). The second kappa shape index (κ2) is 4.57. The quantitative estimate of drug-likeness (QED) is 0.856. The van der Waals surface area contributed by atoms with Gasteiger partial charge in [-0.05, 0) is 17.9 Å². The maximum atomic E-state index is 6.01. The SMILES string of the molecule is CCc1nn(C)c(NCc2cccs2)c1N. The van der Waals surface area contributed by atoms with E-state index < -0.39 is 0 Å². The second-order valence-electron chi connectivity index (χ2n) is 3.62. The maximum absolute atomic E-state index is 6.01. The normalized spacial score (nSPS) is 10.6. The maximum Gasteiger partial charge on any atom is 0.148 e. The van der Waals surface area contributed by atoms with Crippen LogP contribution < -0.4 is 11.1 Å². The molecule has 0 aliphatic rings. The summed E-state index contributed by atoms with van der Waals surface area (Å²) >= 11 is 1.73. The molecule has 0 aliphatic heterocycles. The summed E-state index contributed by atoms with van der Waals surface area (Å²) in [6.07, 6.45) is 0.861. The van der Waals surface area contributed by atoms with Crippen LogP contribution in [0.4, 0.5) is 11.5 Å². The Morgan fingerprint density at radius 2 is 2.38 bits per heavy atom. The number of rotatable bonds is 4. The van der Waals surface area contributed by atoms with E-state index in [9.17, 15) is 0 Å². The molecule has 0 aromatic carbocycles. The van der Waals surface area contributed by atoms with Gasteiger partial charge in [-0.25, -0.2) is 0 Å². The monoisotopic (exact) mass is 236 g/mol. The van der Waals surface area contributed by atoms with Crippen molar-refractivity contribution in [3.63, 3.8) is 0 Å². The first-order valence-corrected chi connectivity index (χ1v) is 6.18. The third-order valence-corrected chi connectivity index (χ3v) is 3.38. The van der Waals surface area contributed by atoms with Crippen molar-refractivity contribution in [2.75, 3.05) is 11.1 Å². The smallest absolute Gasteiger partial charge is 0.148 e. The molecule has 2 heterocycles. The Labute approximate surface area is 99.1 Å². The summed E-state index contributed by atoms with van der Waals surface area (Å²) in [7, 11) is 1.91. The Hall–Kier alpha value is -1.49. The van der Waals surface area contributed by atoms with Gasteiger partial charge < -0.3 is 11.1 Å². The van der Waals surface area contributed by atoms with Gasteiger partial charge in [0.15, 0.2) is 0 Å². The Kier molecular flexibility index (Phi) is 3.14. The van der Waals surface area contributed by atoms with E-state index in [1.807, 2.05) is 17.8 Å². The van der Waals surface area contributed by atoms with E-state index in [-0.39, 0.29) is 0 Å². The third-order valence-electron chi connectivity index (χ3n) is 2.51. The number of hydrogen-bond donors (Lipinski definition) is 2. The van der Waals surface area contributed by atoms with E-state index in [1.54, 1.807) is 11.3 Å². The molecule has 0 spiro atoms. The molecule has 0 fully saturated rings. The summed E-state index contributed by atoms with van der Waals surface area (Å²) in [6.45, 7) is 2.85. The minimum absolute atomic E-state index is 0.765. The number of thiophene rings is 1. The van der Waals surface area contributed by atoms with Gasteiger partial charge in [-0.1, -0.05) is 13.0 Å². The molecule has 0 atom stereocenters. The fourth-order valence-electron chi connectivity index (χ4n) is 1.65. The standard InChI is InChI=1S/C11H16N4S/c1-3-9-10(12)11(15(2)14-9)13-7-8-5-4-6-16-8/h4-6,13H,3,7,12H2,1-2H3. The van der Waals surface area contributed by atoms with Gasteiger partial charge in [-0.15, -0.1) is 11.3 Å². The van der Waals surface area contributed by atoms with E-state index in [2.05, 4.69) is 28.8 Å². The Bertz CT molecular complexity index is 459. The summed E-state index contributed by atoms with van der Waals surface area (Å²) in [5.74, 6) is 0.908. The number of hydrogen-bond acceptors (Lipinski definition) is 4. The highest BCUT2D eigenvalue weighted by atomic mass is 32.1. The molecule has 0 saturated carbocycles. The lowest BCUT2D eigenvalue weighted by Gasteiger charge is -2.05. The molecule has 0 bridgehead atoms. The number of anilines is 2. The van der Waals surface area contributed by atoms with Crippen molar-refractivity contribution in [2.24, 2.45) is 7.05 Å². The van der Waals surface area contributed by atoms with Gasteiger partial charge in [-0.3, -0.25) is 4.68 Å². The predicted molar refractivity (Wildman–Crippen MR) is 68.6 cm³/mol. The van der Waals surface area contributed by atoms with E-state index in [0.29, 0.717) is 0 Å². The van der Waals surface area contributed by atoms with Crippen LogP contribution in [-0.4, -0.2) is 9.78 Å². The number of nitrogens with zero attached hydrogens (tertiary/aromatic N) is 2. The van der Waals surface area contributed by atoms with Crippen LogP contribution in [0, 0.1) is 0 Å². The highest BCUT2D eigenvalue weighted by molar-refractivity contribution is 7.09. The lowest BCUT2D eigenvalue weighted by Crippen LogP contribution is -2.05. The third kappa shape index (κ3) is 2.04. The zero-order valence-electron chi connectivity index (χ0n) is 9.53. The molecule has 0 radical (unpaired) electrons. The van der Waals surface area contributed by atoms with Crippen molar-refractivity contribution in [1.29, 1.82) is 0 Å². The second-order valence-corrected chi connectivity index (χ2v) is 4.65. The molecule has 0 saturated heterocycles. The van der Waals surface area contributed by atoms with Crippen LogP contribution in [0.5, 0.6) is 0 Å². The number of aryl methyl sites for hydroxylation is 2. The highest BCUT2D eigenvalue weighted by Crippen LogP contribution is 2.23. The summed E-state index contributed by atoms with van der Waals surface area (Å²) in [5.41, 5.74) is 7.73. The molecular weight excluding hydrogens is 220 g/mol. The highest BCUT2D eigenvalue weighted by Gasteiger charge is 2.11. The van der Waals surface area contributed by atoms with Crippen LogP contribution in [0.25, 0.3) is 0 Å². The minimum atomic E-state index is 0.765. The van der Waals surface area contributed by atoms with Crippen LogP contribution in [0.1, 0.15) is 17.5 Å². The topological polar surface area (TPSA) is 55.9 Å². The van der Waals surface area contributed by atoms with Crippen molar-refractivity contribution >= 4 is 22.8 Å². The molecule has 2 aromatic heterocycles.